The Morgan fingerprint density at radius 1 is 0.949 bits per heavy atom. The highest BCUT2D eigenvalue weighted by Crippen LogP contribution is 2.57. The second-order valence-electron chi connectivity index (χ2n) is 14.9. The summed E-state index contributed by atoms with van der Waals surface area (Å²) in [6.07, 6.45) is 1.57. The molecule has 16 nitrogen and oxygen atoms in total. The molecule has 19 heteroatoms. The van der Waals surface area contributed by atoms with Crippen LogP contribution in [-0.4, -0.2) is 97.0 Å². The maximum Gasteiger partial charge on any atom is 0.411 e. The number of phenolic OH excluding ortho intramolecular Hbond substituents is 3. The van der Waals surface area contributed by atoms with E-state index < -0.39 is 127 Å². The molecule has 324 valence electrons. The van der Waals surface area contributed by atoms with E-state index in [2.05, 4.69) is 10.6 Å². The largest absolute Gasteiger partial charge is 0.507 e. The first-order valence-corrected chi connectivity index (χ1v) is 19.6. The van der Waals surface area contributed by atoms with Gasteiger partial charge in [0.1, 0.15) is 41.3 Å². The summed E-state index contributed by atoms with van der Waals surface area (Å²) < 4.78 is 26.2. The molecule has 2 aromatic rings. The molecule has 0 spiro atoms. The zero-order valence-corrected chi connectivity index (χ0v) is 36.0. The summed E-state index contributed by atoms with van der Waals surface area (Å²) in [7, 11) is 1.39. The molecule has 5 bridgehead atoms. The van der Waals surface area contributed by atoms with Gasteiger partial charge in [-0.05, 0) is 19.9 Å². The van der Waals surface area contributed by atoms with Gasteiger partial charge in [0.05, 0.1) is 35.5 Å². The van der Waals surface area contributed by atoms with E-state index in [4.69, 9.17) is 58.5 Å². The molecule has 0 saturated heterocycles. The number of esters is 1. The van der Waals surface area contributed by atoms with Crippen LogP contribution in [0.4, 0.5) is 16.2 Å². The minimum absolute atomic E-state index is 0.0210. The number of aromatic hydroxyl groups is 3. The molecule has 7 N–H and O–H groups in total. The van der Waals surface area contributed by atoms with Gasteiger partial charge in [0, 0.05) is 61.2 Å². The third kappa shape index (κ3) is 9.96. The van der Waals surface area contributed by atoms with Crippen molar-refractivity contribution in [2.24, 2.45) is 23.7 Å². The molecule has 2 amide bonds. The Balaban J connectivity index is 1.97. The first-order valence-electron chi connectivity index (χ1n) is 18.4. The van der Waals surface area contributed by atoms with E-state index in [-0.39, 0.29) is 22.4 Å². The fraction of sp³-hybridized carbons (Fsp3) is 0.500. The molecular weight excluding hydrogens is 839 g/mol. The van der Waals surface area contributed by atoms with Gasteiger partial charge in [0.15, 0.2) is 5.75 Å². The Morgan fingerprint density at radius 3 is 2.19 bits per heavy atom. The SMILES string of the molecule is CO[C@H]1/C=C/O[C@@]2(C)Oc3c(C)c(O)c4c(O)c(c(NC(=O)OCC(Cl)(Cl)Cl)c(O)c4c3C2=O)NC(=O)/C(C)=C\C=C\[C@H](C)[C@H](O)[C@@H](C)[C@@H](O)[C@@H](C)[C@H](OC(C)=O)[C@@H]1C. The fourth-order valence-electron chi connectivity index (χ4n) is 7.13. The molecular formula is C40H49Cl3N2O14. The first kappa shape index (κ1) is 47.2. The Morgan fingerprint density at radius 2 is 1.59 bits per heavy atom. The summed E-state index contributed by atoms with van der Waals surface area (Å²) in [6.45, 7) is 11.2. The summed E-state index contributed by atoms with van der Waals surface area (Å²) in [5.41, 5.74) is -1.71. The minimum Gasteiger partial charge on any atom is -0.507 e. The number of fused-ring (bicyclic) bond motifs is 14. The van der Waals surface area contributed by atoms with Gasteiger partial charge in [-0.1, -0.05) is 80.7 Å². The topological polar surface area (TPSA) is 240 Å². The number of carbonyl (C=O) groups excluding carboxylic acids is 4. The summed E-state index contributed by atoms with van der Waals surface area (Å²) in [4.78, 5) is 53.2. The van der Waals surface area contributed by atoms with Gasteiger partial charge < -0.3 is 54.5 Å². The van der Waals surface area contributed by atoms with Crippen LogP contribution in [0, 0.1) is 30.6 Å². The van der Waals surface area contributed by atoms with Crippen molar-refractivity contribution in [3.05, 3.63) is 47.3 Å². The Kier molecular flexibility index (Phi) is 14.8. The number of amides is 2. The highest BCUT2D eigenvalue weighted by atomic mass is 35.6. The van der Waals surface area contributed by atoms with Crippen molar-refractivity contribution in [2.75, 3.05) is 24.4 Å². The monoisotopic (exact) mass is 886 g/mol. The predicted octanol–water partition coefficient (Wildman–Crippen LogP) is 6.67. The zero-order chi connectivity index (χ0) is 44.5. The number of carbonyl (C=O) groups is 4. The molecule has 3 heterocycles. The molecule has 0 unspecified atom stereocenters. The number of hydrogen-bond acceptors (Lipinski definition) is 14. The molecule has 5 rings (SSSR count). The number of nitrogens with one attached hydrogen (secondary N) is 2. The normalized spacial score (nSPS) is 30.1. The van der Waals surface area contributed by atoms with E-state index in [0.717, 1.165) is 6.26 Å². The number of Topliss-reactive ketones (excluding diaryl/α,β-unsaturated/α-hetero) is 1. The number of anilines is 2. The van der Waals surface area contributed by atoms with Gasteiger partial charge in [-0.2, -0.15) is 0 Å². The van der Waals surface area contributed by atoms with Gasteiger partial charge >= 0.3 is 17.8 Å². The molecule has 0 aromatic heterocycles. The number of rotatable bonds is 4. The van der Waals surface area contributed by atoms with E-state index in [0.29, 0.717) is 0 Å². The van der Waals surface area contributed by atoms with Crippen molar-refractivity contribution < 1.29 is 68.4 Å². The number of aliphatic hydroxyl groups excluding tert-OH is 2. The number of allylic oxidation sites excluding steroid dienone is 2. The molecule has 9 atom stereocenters. The van der Waals surface area contributed by atoms with Crippen LogP contribution in [0.25, 0.3) is 10.8 Å². The standard InChI is InChI=1S/C40H49Cl3N2O14/c1-16-11-10-12-17(2)37(53)44-27-28(45-38(54)56-15-40(41,42)43)32(50)24-25(33(27)51)31(49)21(6)35-26(24)36(52)39(8,59-35)57-14-13-23(55-9)18(3)34(58-22(7)46)20(5)30(48)19(4)29(16)47/h10-14,16,18-20,23,29-30,34,47-51H,15H2,1-9H3,(H,44,53)(H,45,54)/b11-10+,14-13+,17-12-/t16-,18+,19+,20+,23-,29-,30+,34+,39-/m0/s1. The number of halogens is 3. The number of methoxy groups -OCH3 is 1. The van der Waals surface area contributed by atoms with E-state index >= 15 is 0 Å². The Hall–Kier alpha value is -4.45. The number of aliphatic hydroxyl groups is 2. The van der Waals surface area contributed by atoms with E-state index in [9.17, 15) is 44.7 Å². The van der Waals surface area contributed by atoms with Gasteiger partial charge in [-0.15, -0.1) is 0 Å². The quantitative estimate of drug-likeness (QED) is 0.0735. The van der Waals surface area contributed by atoms with Crippen LogP contribution < -0.4 is 15.4 Å². The number of benzene rings is 2. The molecule has 3 aliphatic rings. The van der Waals surface area contributed by atoms with Crippen molar-refractivity contribution in [3.8, 4) is 23.0 Å². The maximum atomic E-state index is 14.3. The van der Waals surface area contributed by atoms with Gasteiger partial charge in [0.2, 0.25) is 3.79 Å². The average Bonchev–Trinajstić information content (AvgIpc) is 3.43. The molecule has 0 radical (unpaired) electrons. The van der Waals surface area contributed by atoms with E-state index in [1.54, 1.807) is 33.8 Å². The van der Waals surface area contributed by atoms with Crippen LogP contribution in [0.1, 0.15) is 64.4 Å². The smallest absolute Gasteiger partial charge is 0.411 e. The van der Waals surface area contributed by atoms with Crippen LogP contribution in [0.2, 0.25) is 0 Å². The van der Waals surface area contributed by atoms with E-state index in [1.807, 2.05) is 0 Å². The summed E-state index contributed by atoms with van der Waals surface area (Å²) in [5, 5.41) is 61.4. The van der Waals surface area contributed by atoms with Gasteiger partial charge in [-0.3, -0.25) is 19.7 Å². The van der Waals surface area contributed by atoms with E-state index in [1.165, 1.54) is 53.0 Å². The molecule has 0 saturated carbocycles. The molecule has 59 heavy (non-hydrogen) atoms. The van der Waals surface area contributed by atoms with Gasteiger partial charge in [0.25, 0.3) is 11.7 Å². The first-order chi connectivity index (χ1) is 27.4. The number of ketones is 1. The lowest BCUT2D eigenvalue weighted by Gasteiger charge is -2.38. The predicted molar refractivity (Wildman–Crippen MR) is 219 cm³/mol. The minimum atomic E-state index is -2.16. The third-order valence-corrected chi connectivity index (χ3v) is 10.9. The van der Waals surface area contributed by atoms with Crippen molar-refractivity contribution in [1.29, 1.82) is 0 Å². The van der Waals surface area contributed by atoms with Crippen molar-refractivity contribution in [3.63, 3.8) is 0 Å². The van der Waals surface area contributed by atoms with Crippen molar-refractivity contribution in [2.45, 2.75) is 89.4 Å². The summed E-state index contributed by atoms with van der Waals surface area (Å²) in [6, 6.07) is 0. The molecule has 3 aliphatic heterocycles. The maximum absolute atomic E-state index is 14.3. The lowest BCUT2D eigenvalue weighted by Crippen LogP contribution is -2.46. The second-order valence-corrected chi connectivity index (χ2v) is 17.4. The number of ether oxygens (including phenoxy) is 5. The highest BCUT2D eigenvalue weighted by Gasteiger charge is 2.50. The number of alkyl halides is 3. The summed E-state index contributed by atoms with van der Waals surface area (Å²) >= 11 is 17.2. The van der Waals surface area contributed by atoms with Crippen LogP contribution in [0.3, 0.4) is 0 Å². The third-order valence-electron chi connectivity index (χ3n) is 10.6. The lowest BCUT2D eigenvalue weighted by molar-refractivity contribution is -0.160. The Labute approximate surface area is 355 Å². The fourth-order valence-corrected chi connectivity index (χ4v) is 7.29. The van der Waals surface area contributed by atoms with Crippen LogP contribution in [-0.2, 0) is 28.5 Å². The van der Waals surface area contributed by atoms with Crippen LogP contribution in [0.5, 0.6) is 23.0 Å². The molecule has 2 aromatic carbocycles. The molecule has 0 aliphatic carbocycles. The molecule has 0 fully saturated rings. The number of phenols is 3. The number of hydrogen-bond donors (Lipinski definition) is 7. The van der Waals surface area contributed by atoms with Gasteiger partial charge in [-0.25, -0.2) is 4.79 Å². The summed E-state index contributed by atoms with van der Waals surface area (Å²) in [5.74, 6) is -9.97. The average molecular weight is 888 g/mol. The van der Waals surface area contributed by atoms with Crippen molar-refractivity contribution >= 4 is 80.7 Å². The second kappa shape index (κ2) is 18.4. The zero-order valence-electron chi connectivity index (χ0n) is 33.8. The van der Waals surface area contributed by atoms with Crippen LogP contribution >= 0.6 is 34.8 Å². The van der Waals surface area contributed by atoms with Crippen molar-refractivity contribution in [1.82, 2.24) is 0 Å². The highest BCUT2D eigenvalue weighted by molar-refractivity contribution is 6.67. The van der Waals surface area contributed by atoms with Crippen LogP contribution in [0.15, 0.2) is 36.1 Å². The lowest BCUT2D eigenvalue weighted by atomic mass is 9.78. The Bertz CT molecular complexity index is 2080.